The summed E-state index contributed by atoms with van der Waals surface area (Å²) >= 11 is 0. The first-order valence-electron chi connectivity index (χ1n) is 5.77. The number of nitrogens with zero attached hydrogens (tertiary/aromatic N) is 1. The van der Waals surface area contributed by atoms with Gasteiger partial charge in [-0.1, -0.05) is 20.8 Å². The summed E-state index contributed by atoms with van der Waals surface area (Å²) in [6, 6.07) is 0. The van der Waals surface area contributed by atoms with Gasteiger partial charge in [0.1, 0.15) is 0 Å². The molecule has 0 aliphatic heterocycles. The van der Waals surface area contributed by atoms with Crippen molar-refractivity contribution in [2.75, 3.05) is 0 Å². The van der Waals surface area contributed by atoms with Crippen LogP contribution in [-0.2, 0) is 19.4 Å². The topological polar surface area (TPSA) is 54.7 Å². The Morgan fingerprint density at radius 3 is 2.80 bits per heavy atom. The van der Waals surface area contributed by atoms with Gasteiger partial charge in [-0.15, -0.1) is 0 Å². The van der Waals surface area contributed by atoms with Crippen molar-refractivity contribution < 1.29 is 0 Å². The average Bonchev–Trinajstić information content (AvgIpc) is 2.57. The minimum Gasteiger partial charge on any atom is -0.325 e. The number of hydrogen-bond donors (Lipinski definition) is 2. The lowest BCUT2D eigenvalue weighted by molar-refractivity contribution is 0.215. The first-order valence-corrected chi connectivity index (χ1v) is 5.77. The molecule has 1 atom stereocenters. The van der Waals surface area contributed by atoms with E-state index in [-0.39, 0.29) is 0 Å². The molecule has 0 spiro atoms. The van der Waals surface area contributed by atoms with E-state index >= 15 is 0 Å². The maximum absolute atomic E-state index is 5.69. The van der Waals surface area contributed by atoms with E-state index in [1.807, 2.05) is 0 Å². The lowest BCUT2D eigenvalue weighted by Crippen LogP contribution is -2.27. The number of aromatic nitrogens is 2. The van der Waals surface area contributed by atoms with E-state index in [9.17, 15) is 0 Å². The molecule has 3 heteroatoms. The van der Waals surface area contributed by atoms with E-state index in [1.165, 1.54) is 17.7 Å². The van der Waals surface area contributed by atoms with Crippen LogP contribution in [0.2, 0.25) is 0 Å². The fourth-order valence-electron chi connectivity index (χ4n) is 2.47. The molecule has 84 valence electrons. The van der Waals surface area contributed by atoms with Crippen molar-refractivity contribution in [1.82, 2.24) is 10.2 Å². The van der Waals surface area contributed by atoms with Crippen molar-refractivity contribution in [2.24, 2.45) is 17.1 Å². The minimum absolute atomic E-state index is 0.390. The van der Waals surface area contributed by atoms with E-state index in [1.54, 1.807) is 0 Å². The van der Waals surface area contributed by atoms with Crippen LogP contribution in [0.15, 0.2) is 0 Å². The fraction of sp³-hybridized carbons (Fsp3) is 0.750. The lowest BCUT2D eigenvalue weighted by atomic mass is 9.71. The van der Waals surface area contributed by atoms with E-state index < -0.39 is 0 Å². The van der Waals surface area contributed by atoms with Crippen LogP contribution in [0.3, 0.4) is 0 Å². The monoisotopic (exact) mass is 207 g/mol. The van der Waals surface area contributed by atoms with E-state index in [0.29, 0.717) is 12.0 Å². The Morgan fingerprint density at radius 2 is 2.20 bits per heavy atom. The van der Waals surface area contributed by atoms with Gasteiger partial charge in [0.05, 0.1) is 5.69 Å². The first kappa shape index (κ1) is 10.7. The third-order valence-corrected chi connectivity index (χ3v) is 3.65. The summed E-state index contributed by atoms with van der Waals surface area (Å²) < 4.78 is 0. The SMILES string of the molecule is CC(C)(C)C1CCc2[nH]nc(CN)c2C1. The van der Waals surface area contributed by atoms with Crippen LogP contribution in [0.5, 0.6) is 0 Å². The smallest absolute Gasteiger partial charge is 0.0792 e. The Kier molecular flexibility index (Phi) is 2.59. The highest BCUT2D eigenvalue weighted by atomic mass is 15.1. The Labute approximate surface area is 91.4 Å². The van der Waals surface area contributed by atoms with E-state index in [0.717, 1.165) is 24.5 Å². The third kappa shape index (κ3) is 1.93. The van der Waals surface area contributed by atoms with Crippen molar-refractivity contribution in [1.29, 1.82) is 0 Å². The van der Waals surface area contributed by atoms with Crippen molar-refractivity contribution in [2.45, 2.75) is 46.6 Å². The Bertz CT molecular complexity index is 333. The number of hydrogen-bond acceptors (Lipinski definition) is 2. The summed E-state index contributed by atoms with van der Waals surface area (Å²) in [5.74, 6) is 0.757. The zero-order valence-electron chi connectivity index (χ0n) is 9.93. The zero-order chi connectivity index (χ0) is 11.1. The summed E-state index contributed by atoms with van der Waals surface area (Å²) in [4.78, 5) is 0. The standard InChI is InChI=1S/C12H21N3/c1-12(2,3)8-4-5-10-9(6-8)11(7-13)15-14-10/h8H,4-7,13H2,1-3H3,(H,14,15). The molecule has 0 aromatic carbocycles. The van der Waals surface area contributed by atoms with Gasteiger partial charge in [-0.3, -0.25) is 5.10 Å². The van der Waals surface area contributed by atoms with Crippen molar-refractivity contribution in [3.05, 3.63) is 17.0 Å². The molecule has 2 rings (SSSR count). The summed E-state index contributed by atoms with van der Waals surface area (Å²) in [6.45, 7) is 7.53. The molecule has 3 N–H and O–H groups in total. The Hall–Kier alpha value is -0.830. The van der Waals surface area contributed by atoms with Crippen molar-refractivity contribution >= 4 is 0 Å². The second kappa shape index (κ2) is 3.63. The Balaban J connectivity index is 2.25. The van der Waals surface area contributed by atoms with Crippen LogP contribution in [-0.4, -0.2) is 10.2 Å². The average molecular weight is 207 g/mol. The Morgan fingerprint density at radius 1 is 1.47 bits per heavy atom. The van der Waals surface area contributed by atoms with Gasteiger partial charge < -0.3 is 5.73 Å². The minimum atomic E-state index is 0.390. The molecule has 3 nitrogen and oxygen atoms in total. The molecule has 0 amide bonds. The van der Waals surface area contributed by atoms with Gasteiger partial charge in [0.2, 0.25) is 0 Å². The summed E-state index contributed by atoms with van der Waals surface area (Å²) in [7, 11) is 0. The van der Waals surface area contributed by atoms with E-state index in [4.69, 9.17) is 5.73 Å². The number of nitrogens with two attached hydrogens (primary N) is 1. The highest BCUT2D eigenvalue weighted by molar-refractivity contribution is 5.28. The highest BCUT2D eigenvalue weighted by Gasteiger charge is 2.30. The molecule has 0 saturated carbocycles. The van der Waals surface area contributed by atoms with Gasteiger partial charge in [-0.25, -0.2) is 0 Å². The molecule has 0 bridgehead atoms. The molecule has 0 saturated heterocycles. The van der Waals surface area contributed by atoms with Gasteiger partial charge in [0.25, 0.3) is 0 Å². The van der Waals surface area contributed by atoms with Crippen LogP contribution in [0, 0.1) is 11.3 Å². The zero-order valence-corrected chi connectivity index (χ0v) is 9.93. The number of H-pyrrole nitrogens is 1. The summed E-state index contributed by atoms with van der Waals surface area (Å²) in [5.41, 5.74) is 9.86. The van der Waals surface area contributed by atoms with Gasteiger partial charge in [0.15, 0.2) is 0 Å². The van der Waals surface area contributed by atoms with E-state index in [2.05, 4.69) is 31.0 Å². The molecule has 15 heavy (non-hydrogen) atoms. The molecule has 1 aromatic heterocycles. The molecule has 1 aromatic rings. The van der Waals surface area contributed by atoms with Crippen LogP contribution in [0.1, 0.15) is 44.1 Å². The molecule has 0 fully saturated rings. The summed E-state index contributed by atoms with van der Waals surface area (Å²) in [6.07, 6.45) is 3.54. The van der Waals surface area contributed by atoms with Gasteiger partial charge in [0, 0.05) is 12.2 Å². The molecule has 0 radical (unpaired) electrons. The highest BCUT2D eigenvalue weighted by Crippen LogP contribution is 2.37. The quantitative estimate of drug-likeness (QED) is 0.740. The molecule has 1 unspecified atom stereocenters. The number of nitrogens with one attached hydrogen (secondary N) is 1. The molecule has 1 aliphatic rings. The summed E-state index contributed by atoms with van der Waals surface area (Å²) in [5, 5.41) is 7.40. The normalized spacial score (nSPS) is 21.5. The fourth-order valence-corrected chi connectivity index (χ4v) is 2.47. The van der Waals surface area contributed by atoms with Gasteiger partial charge >= 0.3 is 0 Å². The first-order chi connectivity index (χ1) is 7.02. The van der Waals surface area contributed by atoms with Crippen LogP contribution < -0.4 is 5.73 Å². The number of fused-ring (bicyclic) bond motifs is 1. The molecular formula is C12H21N3. The maximum Gasteiger partial charge on any atom is 0.0792 e. The third-order valence-electron chi connectivity index (χ3n) is 3.65. The second-order valence-electron chi connectivity index (χ2n) is 5.64. The number of aryl methyl sites for hydroxylation is 1. The molecule has 1 heterocycles. The van der Waals surface area contributed by atoms with Crippen LogP contribution in [0.4, 0.5) is 0 Å². The lowest BCUT2D eigenvalue weighted by Gasteiger charge is -2.33. The number of rotatable bonds is 1. The van der Waals surface area contributed by atoms with Gasteiger partial charge in [-0.05, 0) is 36.2 Å². The second-order valence-corrected chi connectivity index (χ2v) is 5.64. The van der Waals surface area contributed by atoms with Crippen LogP contribution >= 0.6 is 0 Å². The van der Waals surface area contributed by atoms with Gasteiger partial charge in [-0.2, -0.15) is 5.10 Å². The van der Waals surface area contributed by atoms with Crippen LogP contribution in [0.25, 0.3) is 0 Å². The number of aromatic amines is 1. The largest absolute Gasteiger partial charge is 0.325 e. The molecule has 1 aliphatic carbocycles. The maximum atomic E-state index is 5.69. The predicted molar refractivity (Wildman–Crippen MR) is 61.4 cm³/mol. The van der Waals surface area contributed by atoms with Crippen molar-refractivity contribution in [3.8, 4) is 0 Å². The predicted octanol–water partition coefficient (Wildman–Crippen LogP) is 2.02. The van der Waals surface area contributed by atoms with Crippen molar-refractivity contribution in [3.63, 3.8) is 0 Å². The molecular weight excluding hydrogens is 186 g/mol.